The van der Waals surface area contributed by atoms with Gasteiger partial charge in [0, 0.05) is 23.6 Å². The van der Waals surface area contributed by atoms with E-state index in [0.29, 0.717) is 33.9 Å². The maximum absolute atomic E-state index is 12.6. The number of carbonyl (C=O) groups excluding carboxylic acids is 1. The van der Waals surface area contributed by atoms with Gasteiger partial charge >= 0.3 is 5.97 Å². The number of hydrogen-bond donors (Lipinski definition) is 0. The summed E-state index contributed by atoms with van der Waals surface area (Å²) in [4.78, 5) is 21.0. The molecule has 1 aliphatic carbocycles. The molecule has 25 heavy (non-hydrogen) atoms. The number of rotatable bonds is 4. The van der Waals surface area contributed by atoms with Gasteiger partial charge in [0.05, 0.1) is 12.5 Å². The fourth-order valence-corrected chi connectivity index (χ4v) is 3.34. The van der Waals surface area contributed by atoms with Crippen molar-refractivity contribution in [1.82, 2.24) is 19.7 Å². The molecule has 1 saturated carbocycles. The third-order valence-corrected chi connectivity index (χ3v) is 4.68. The van der Waals surface area contributed by atoms with Crippen molar-refractivity contribution < 1.29 is 14.1 Å². The fourth-order valence-electron chi connectivity index (χ4n) is 3.11. The molecule has 0 aliphatic heterocycles. The Balaban J connectivity index is 2.07. The first-order valence-electron chi connectivity index (χ1n) is 8.12. The molecule has 3 aromatic heterocycles. The molecule has 8 heteroatoms. The molecule has 0 N–H and O–H groups in total. The topological polar surface area (TPSA) is 83.0 Å². The maximum atomic E-state index is 12.6. The standard InChI is InChI=1S/C17H17ClN4O3/c1-8(2)22-14(17(23)24-3)12(13-15(18)19-7-20-16(13)22)10-6-11(25-21-10)9-4-5-9/h6-9H,4-5H2,1-3H3. The van der Waals surface area contributed by atoms with Crippen molar-refractivity contribution in [3.8, 4) is 11.3 Å². The van der Waals surface area contributed by atoms with Crippen LogP contribution in [0, 0.1) is 0 Å². The van der Waals surface area contributed by atoms with E-state index in [1.165, 1.54) is 13.4 Å². The Labute approximate surface area is 148 Å². The van der Waals surface area contributed by atoms with Crippen LogP contribution in [-0.4, -0.2) is 32.8 Å². The molecule has 0 amide bonds. The van der Waals surface area contributed by atoms with Crippen LogP contribution in [0.15, 0.2) is 16.9 Å². The summed E-state index contributed by atoms with van der Waals surface area (Å²) in [5.41, 5.74) is 2.02. The van der Waals surface area contributed by atoms with E-state index in [4.69, 9.17) is 20.9 Å². The molecule has 7 nitrogen and oxygen atoms in total. The summed E-state index contributed by atoms with van der Waals surface area (Å²) in [6.07, 6.45) is 3.57. The van der Waals surface area contributed by atoms with Crippen LogP contribution in [0.25, 0.3) is 22.3 Å². The molecule has 0 unspecified atom stereocenters. The summed E-state index contributed by atoms with van der Waals surface area (Å²) in [6.45, 7) is 3.92. The van der Waals surface area contributed by atoms with Crippen LogP contribution in [0.2, 0.25) is 5.15 Å². The van der Waals surface area contributed by atoms with E-state index >= 15 is 0 Å². The lowest BCUT2D eigenvalue weighted by Crippen LogP contribution is -2.13. The van der Waals surface area contributed by atoms with E-state index in [0.717, 1.165) is 18.6 Å². The summed E-state index contributed by atoms with van der Waals surface area (Å²) in [5, 5.41) is 5.02. The Bertz CT molecular complexity index is 972. The molecule has 3 heterocycles. The minimum Gasteiger partial charge on any atom is -0.464 e. The molecule has 3 aromatic rings. The molecule has 0 spiro atoms. The van der Waals surface area contributed by atoms with Crippen LogP contribution in [0.5, 0.6) is 0 Å². The van der Waals surface area contributed by atoms with Gasteiger partial charge in [-0.1, -0.05) is 16.8 Å². The molecule has 1 aliphatic rings. The number of nitrogens with zero attached hydrogens (tertiary/aromatic N) is 4. The fraction of sp³-hybridized carbons (Fsp3) is 0.412. The van der Waals surface area contributed by atoms with Gasteiger partial charge in [-0.2, -0.15) is 0 Å². The first kappa shape index (κ1) is 16.1. The van der Waals surface area contributed by atoms with Crippen molar-refractivity contribution in [2.75, 3.05) is 7.11 Å². The number of carbonyl (C=O) groups is 1. The van der Waals surface area contributed by atoms with Crippen molar-refractivity contribution in [3.05, 3.63) is 29.0 Å². The SMILES string of the molecule is COC(=O)c1c(-c2cc(C3CC3)on2)c2c(Cl)ncnc2n1C(C)C. The van der Waals surface area contributed by atoms with Gasteiger partial charge in [0.1, 0.15) is 34.3 Å². The molecular weight excluding hydrogens is 344 g/mol. The predicted molar refractivity (Wildman–Crippen MR) is 91.7 cm³/mol. The molecule has 1 fully saturated rings. The summed E-state index contributed by atoms with van der Waals surface area (Å²) < 4.78 is 12.3. The number of ether oxygens (including phenoxy) is 1. The van der Waals surface area contributed by atoms with Crippen LogP contribution in [0.3, 0.4) is 0 Å². The minimum absolute atomic E-state index is 0.0360. The summed E-state index contributed by atoms with van der Waals surface area (Å²) in [6, 6.07) is 1.83. The smallest absolute Gasteiger partial charge is 0.355 e. The quantitative estimate of drug-likeness (QED) is 0.517. The molecule has 0 atom stereocenters. The van der Waals surface area contributed by atoms with E-state index in [9.17, 15) is 4.79 Å². The zero-order valence-electron chi connectivity index (χ0n) is 14.1. The number of hydrogen-bond acceptors (Lipinski definition) is 6. The summed E-state index contributed by atoms with van der Waals surface area (Å²) in [5.74, 6) is 0.756. The predicted octanol–water partition coefficient (Wildman–Crippen LogP) is 3.98. The first-order valence-corrected chi connectivity index (χ1v) is 8.50. The summed E-state index contributed by atoms with van der Waals surface area (Å²) in [7, 11) is 1.35. The van der Waals surface area contributed by atoms with Crippen LogP contribution < -0.4 is 0 Å². The van der Waals surface area contributed by atoms with Crippen molar-refractivity contribution in [2.24, 2.45) is 0 Å². The van der Waals surface area contributed by atoms with Gasteiger partial charge in [0.25, 0.3) is 0 Å². The van der Waals surface area contributed by atoms with E-state index in [-0.39, 0.29) is 11.2 Å². The minimum atomic E-state index is -0.478. The van der Waals surface area contributed by atoms with Gasteiger partial charge in [-0.05, 0) is 26.7 Å². The average Bonchev–Trinajstić information content (AvgIpc) is 3.21. The lowest BCUT2D eigenvalue weighted by atomic mass is 10.1. The Hall–Kier alpha value is -2.41. The van der Waals surface area contributed by atoms with Gasteiger partial charge in [-0.15, -0.1) is 0 Å². The normalized spacial score (nSPS) is 14.4. The first-order chi connectivity index (χ1) is 12.0. The molecular formula is C17H17ClN4O3. The van der Waals surface area contributed by atoms with Crippen molar-refractivity contribution in [1.29, 1.82) is 0 Å². The lowest BCUT2D eigenvalue weighted by molar-refractivity contribution is 0.0588. The van der Waals surface area contributed by atoms with E-state index in [1.54, 1.807) is 4.57 Å². The van der Waals surface area contributed by atoms with Gasteiger partial charge < -0.3 is 13.8 Å². The van der Waals surface area contributed by atoms with Crippen LogP contribution in [-0.2, 0) is 4.74 Å². The second kappa shape index (κ2) is 5.84. The monoisotopic (exact) mass is 360 g/mol. The molecule has 4 rings (SSSR count). The number of methoxy groups -OCH3 is 1. The van der Waals surface area contributed by atoms with Crippen molar-refractivity contribution in [2.45, 2.75) is 38.6 Å². The van der Waals surface area contributed by atoms with Gasteiger partial charge in [0.2, 0.25) is 0 Å². The molecule has 0 bridgehead atoms. The Kier molecular flexibility index (Phi) is 3.76. The molecule has 0 saturated heterocycles. The number of fused-ring (bicyclic) bond motifs is 1. The molecule has 0 radical (unpaired) electrons. The highest BCUT2D eigenvalue weighted by molar-refractivity contribution is 6.35. The largest absolute Gasteiger partial charge is 0.464 e. The van der Waals surface area contributed by atoms with Crippen LogP contribution in [0.4, 0.5) is 0 Å². The zero-order chi connectivity index (χ0) is 17.7. The van der Waals surface area contributed by atoms with Gasteiger partial charge in [-0.25, -0.2) is 14.8 Å². The van der Waals surface area contributed by atoms with E-state index in [2.05, 4.69) is 15.1 Å². The second-order valence-corrected chi connectivity index (χ2v) is 6.79. The van der Waals surface area contributed by atoms with Gasteiger partial charge in [-0.3, -0.25) is 0 Å². The molecule has 130 valence electrons. The number of aromatic nitrogens is 4. The highest BCUT2D eigenvalue weighted by atomic mass is 35.5. The van der Waals surface area contributed by atoms with Gasteiger partial charge in [0.15, 0.2) is 0 Å². The highest BCUT2D eigenvalue weighted by Crippen LogP contribution is 2.44. The van der Waals surface area contributed by atoms with Crippen molar-refractivity contribution >= 4 is 28.6 Å². The number of halogens is 1. The maximum Gasteiger partial charge on any atom is 0.355 e. The van der Waals surface area contributed by atoms with Crippen LogP contribution >= 0.6 is 11.6 Å². The molecule has 0 aromatic carbocycles. The van der Waals surface area contributed by atoms with Crippen molar-refractivity contribution in [3.63, 3.8) is 0 Å². The Morgan fingerprint density at radius 3 is 2.80 bits per heavy atom. The number of esters is 1. The highest BCUT2D eigenvalue weighted by Gasteiger charge is 2.33. The van der Waals surface area contributed by atoms with E-state index < -0.39 is 5.97 Å². The third kappa shape index (κ3) is 2.50. The van der Waals surface area contributed by atoms with Crippen LogP contribution in [0.1, 0.15) is 54.9 Å². The lowest BCUT2D eigenvalue weighted by Gasteiger charge is -2.12. The zero-order valence-corrected chi connectivity index (χ0v) is 14.9. The van der Waals surface area contributed by atoms with E-state index in [1.807, 2.05) is 19.9 Å². The third-order valence-electron chi connectivity index (χ3n) is 4.40. The Morgan fingerprint density at radius 1 is 1.40 bits per heavy atom. The average molecular weight is 361 g/mol. The second-order valence-electron chi connectivity index (χ2n) is 6.43. The summed E-state index contributed by atoms with van der Waals surface area (Å²) >= 11 is 6.36. The Morgan fingerprint density at radius 2 is 2.16 bits per heavy atom.